The Hall–Kier alpha value is -4.17. The molecule has 0 saturated heterocycles. The lowest BCUT2D eigenvalue weighted by atomic mass is 10.0. The van der Waals surface area contributed by atoms with Crippen molar-refractivity contribution in [2.45, 2.75) is 13.1 Å². The summed E-state index contributed by atoms with van der Waals surface area (Å²) < 4.78 is 4.21. The molecule has 5 rings (SSSR count). The summed E-state index contributed by atoms with van der Waals surface area (Å²) in [5.41, 5.74) is 5.00. The number of rotatable bonds is 5. The quantitative estimate of drug-likeness (QED) is 0.431. The molecule has 0 bridgehead atoms. The van der Waals surface area contributed by atoms with E-state index in [9.17, 15) is 0 Å². The summed E-state index contributed by atoms with van der Waals surface area (Å²) in [5, 5.41) is 11.4. The van der Waals surface area contributed by atoms with Crippen molar-refractivity contribution in [1.82, 2.24) is 19.1 Å². The zero-order valence-corrected chi connectivity index (χ0v) is 16.3. The topological polar surface area (TPSA) is 59.4 Å². The molecule has 0 saturated carbocycles. The van der Waals surface area contributed by atoms with Crippen LogP contribution in [0.4, 0.5) is 0 Å². The summed E-state index contributed by atoms with van der Waals surface area (Å²) in [6.45, 7) is 1.40. The number of fused-ring (bicyclic) bond motifs is 1. The number of nitrogens with zero attached hydrogens (tertiary/aromatic N) is 5. The van der Waals surface area contributed by atoms with Gasteiger partial charge in [-0.25, -0.2) is 9.97 Å². The summed E-state index contributed by atoms with van der Waals surface area (Å²) in [6.07, 6.45) is 7.69. The van der Waals surface area contributed by atoms with Gasteiger partial charge in [-0.2, -0.15) is 5.26 Å². The molecule has 30 heavy (non-hydrogen) atoms. The van der Waals surface area contributed by atoms with E-state index in [2.05, 4.69) is 73.8 Å². The maximum absolute atomic E-state index is 8.96. The summed E-state index contributed by atoms with van der Waals surface area (Å²) in [4.78, 5) is 8.98. The molecule has 144 valence electrons. The fourth-order valence-electron chi connectivity index (χ4n) is 3.73. The molecule has 0 aliphatic rings. The molecule has 0 aliphatic carbocycles. The van der Waals surface area contributed by atoms with Crippen LogP contribution in [0.5, 0.6) is 0 Å². The van der Waals surface area contributed by atoms with Crippen LogP contribution in [0.25, 0.3) is 22.0 Å². The van der Waals surface area contributed by atoms with Crippen LogP contribution in [0, 0.1) is 11.3 Å². The van der Waals surface area contributed by atoms with Gasteiger partial charge < -0.3 is 9.13 Å². The molecule has 0 aliphatic heterocycles. The molecule has 2 heterocycles. The first-order valence-electron chi connectivity index (χ1n) is 9.78. The minimum absolute atomic E-state index is 0.670. The van der Waals surface area contributed by atoms with Crippen molar-refractivity contribution in [2.24, 2.45) is 0 Å². The predicted octanol–water partition coefficient (Wildman–Crippen LogP) is 4.87. The van der Waals surface area contributed by atoms with Crippen molar-refractivity contribution < 1.29 is 0 Å². The largest absolute Gasteiger partial charge is 0.331 e. The Morgan fingerprint density at radius 2 is 1.70 bits per heavy atom. The van der Waals surface area contributed by atoms with Gasteiger partial charge in [-0.1, -0.05) is 54.6 Å². The van der Waals surface area contributed by atoms with Crippen molar-refractivity contribution in [3.8, 4) is 17.3 Å². The van der Waals surface area contributed by atoms with E-state index in [0.717, 1.165) is 22.5 Å². The molecular weight excluding hydrogens is 370 g/mol. The Morgan fingerprint density at radius 1 is 0.867 bits per heavy atom. The lowest BCUT2D eigenvalue weighted by Gasteiger charge is -2.09. The Labute approximate surface area is 174 Å². The zero-order valence-electron chi connectivity index (χ0n) is 16.3. The first-order chi connectivity index (χ1) is 14.8. The molecule has 3 aromatic carbocycles. The van der Waals surface area contributed by atoms with Crippen LogP contribution < -0.4 is 0 Å². The molecule has 0 atom stereocenters. The minimum Gasteiger partial charge on any atom is -0.331 e. The second kappa shape index (κ2) is 7.69. The first-order valence-corrected chi connectivity index (χ1v) is 9.78. The van der Waals surface area contributed by atoms with E-state index in [1.54, 1.807) is 0 Å². The number of benzene rings is 3. The highest BCUT2D eigenvalue weighted by Gasteiger charge is 2.09. The third-order valence-electron chi connectivity index (χ3n) is 5.28. The molecule has 5 heteroatoms. The van der Waals surface area contributed by atoms with Crippen LogP contribution in [0.15, 0.2) is 91.8 Å². The Morgan fingerprint density at radius 3 is 2.57 bits per heavy atom. The molecule has 0 amide bonds. The highest BCUT2D eigenvalue weighted by Crippen LogP contribution is 2.27. The van der Waals surface area contributed by atoms with Crippen molar-refractivity contribution >= 4 is 10.8 Å². The number of hydrogen-bond acceptors (Lipinski definition) is 3. The third-order valence-corrected chi connectivity index (χ3v) is 5.28. The van der Waals surface area contributed by atoms with Gasteiger partial charge in [-0.15, -0.1) is 0 Å². The van der Waals surface area contributed by atoms with E-state index >= 15 is 0 Å². The lowest BCUT2D eigenvalue weighted by Crippen LogP contribution is -2.07. The molecule has 5 aromatic rings. The van der Waals surface area contributed by atoms with E-state index < -0.39 is 0 Å². The van der Waals surface area contributed by atoms with Crippen LogP contribution >= 0.6 is 0 Å². The van der Waals surface area contributed by atoms with Crippen LogP contribution in [0.2, 0.25) is 0 Å². The van der Waals surface area contributed by atoms with Gasteiger partial charge in [0.15, 0.2) is 0 Å². The molecule has 0 fully saturated rings. The smallest absolute Gasteiger partial charge is 0.0991 e. The molecule has 0 unspecified atom stereocenters. The minimum atomic E-state index is 0.670. The van der Waals surface area contributed by atoms with Gasteiger partial charge in [0.05, 0.1) is 42.2 Å². The van der Waals surface area contributed by atoms with Gasteiger partial charge in [0.25, 0.3) is 0 Å². The molecule has 2 aromatic heterocycles. The van der Waals surface area contributed by atoms with Crippen LogP contribution in [0.3, 0.4) is 0 Å². The van der Waals surface area contributed by atoms with E-state index in [0.29, 0.717) is 18.7 Å². The molecule has 0 spiro atoms. The number of imidazole rings is 2. The normalized spacial score (nSPS) is 10.9. The van der Waals surface area contributed by atoms with Crippen LogP contribution in [-0.4, -0.2) is 19.1 Å². The maximum Gasteiger partial charge on any atom is 0.0991 e. The van der Waals surface area contributed by atoms with Gasteiger partial charge in [-0.3, -0.25) is 0 Å². The standard InChI is InChI=1S/C25H19N5/c26-12-19-8-10-20(11-9-19)14-30-17-27-13-22(30)15-29-16-25(28-18-29)24-7-3-5-21-4-1-2-6-23(21)24/h1-11,13,16-18H,14-15H2. The third kappa shape index (κ3) is 3.47. The molecule has 0 N–H and O–H groups in total. The van der Waals surface area contributed by atoms with Crippen molar-refractivity contribution in [3.63, 3.8) is 0 Å². The summed E-state index contributed by atoms with van der Waals surface area (Å²) in [5.74, 6) is 0. The van der Waals surface area contributed by atoms with E-state index in [1.165, 1.54) is 10.8 Å². The van der Waals surface area contributed by atoms with Gasteiger partial charge in [0.2, 0.25) is 0 Å². The predicted molar refractivity (Wildman–Crippen MR) is 117 cm³/mol. The van der Waals surface area contributed by atoms with Gasteiger partial charge in [-0.05, 0) is 28.5 Å². The Balaban J connectivity index is 1.38. The highest BCUT2D eigenvalue weighted by molar-refractivity contribution is 5.95. The fourth-order valence-corrected chi connectivity index (χ4v) is 3.73. The van der Waals surface area contributed by atoms with E-state index in [-0.39, 0.29) is 0 Å². The van der Waals surface area contributed by atoms with Gasteiger partial charge in [0.1, 0.15) is 0 Å². The molecule has 5 nitrogen and oxygen atoms in total. The average Bonchev–Trinajstić information content (AvgIpc) is 3.44. The van der Waals surface area contributed by atoms with Crippen LogP contribution in [0.1, 0.15) is 16.8 Å². The van der Waals surface area contributed by atoms with Crippen LogP contribution in [-0.2, 0) is 13.1 Å². The highest BCUT2D eigenvalue weighted by atomic mass is 15.1. The second-order valence-corrected chi connectivity index (χ2v) is 7.28. The van der Waals surface area contributed by atoms with Crippen molar-refractivity contribution in [1.29, 1.82) is 5.26 Å². The maximum atomic E-state index is 8.96. The number of nitriles is 1. The average molecular weight is 389 g/mol. The monoisotopic (exact) mass is 389 g/mol. The molecule has 0 radical (unpaired) electrons. The SMILES string of the molecule is N#Cc1ccc(Cn2cncc2Cn2cnc(-c3cccc4ccccc34)c2)cc1. The molecular formula is C25H19N5. The number of aromatic nitrogens is 4. The van der Waals surface area contributed by atoms with Crippen molar-refractivity contribution in [2.75, 3.05) is 0 Å². The van der Waals surface area contributed by atoms with E-state index in [1.807, 2.05) is 43.1 Å². The number of hydrogen-bond donors (Lipinski definition) is 0. The summed E-state index contributed by atoms with van der Waals surface area (Å²) in [6, 6.07) is 24.5. The van der Waals surface area contributed by atoms with Gasteiger partial charge >= 0.3 is 0 Å². The summed E-state index contributed by atoms with van der Waals surface area (Å²) >= 11 is 0. The Kier molecular flexibility index (Phi) is 4.59. The van der Waals surface area contributed by atoms with Gasteiger partial charge in [0, 0.05) is 24.5 Å². The first kappa shape index (κ1) is 17.9. The fraction of sp³-hybridized carbons (Fsp3) is 0.0800. The second-order valence-electron chi connectivity index (χ2n) is 7.28. The lowest BCUT2D eigenvalue weighted by molar-refractivity contribution is 0.685. The zero-order chi connectivity index (χ0) is 20.3. The summed E-state index contributed by atoms with van der Waals surface area (Å²) in [7, 11) is 0. The van der Waals surface area contributed by atoms with E-state index in [4.69, 9.17) is 5.26 Å². The Bertz CT molecular complexity index is 1350. The van der Waals surface area contributed by atoms with Crippen molar-refractivity contribution in [3.05, 3.63) is 109 Å².